The van der Waals surface area contributed by atoms with Gasteiger partial charge in [-0.1, -0.05) is 23.8 Å². The second-order valence-corrected chi connectivity index (χ2v) is 6.92. The van der Waals surface area contributed by atoms with Crippen LogP contribution in [0, 0.1) is 5.92 Å². The molecule has 0 saturated carbocycles. The van der Waals surface area contributed by atoms with E-state index in [0.29, 0.717) is 23.4 Å². The highest BCUT2D eigenvalue weighted by molar-refractivity contribution is 6.29. The van der Waals surface area contributed by atoms with Gasteiger partial charge in [0.05, 0.1) is 12.7 Å². The van der Waals surface area contributed by atoms with Crippen molar-refractivity contribution in [1.82, 2.24) is 19.4 Å². The van der Waals surface area contributed by atoms with Gasteiger partial charge in [-0.05, 0) is 25.2 Å². The fourth-order valence-electron chi connectivity index (χ4n) is 3.37. The number of nitrogens with zero attached hydrogens (tertiary/aromatic N) is 4. The standard InChI is InChI=1S/C17H25ClN4O/c1-20-15(18)12-19-16(20)13-21-7-4-8-22(10-9-21)17(23)11-14-5-2-3-6-14/h2,5,12,14H,3-4,6-11,13H2,1H3/t14-/m1/s1. The molecule has 1 aromatic heterocycles. The Morgan fingerprint density at radius 2 is 2.22 bits per heavy atom. The van der Waals surface area contributed by atoms with Crippen molar-refractivity contribution < 1.29 is 4.79 Å². The zero-order valence-corrected chi connectivity index (χ0v) is 14.5. The monoisotopic (exact) mass is 336 g/mol. The lowest BCUT2D eigenvalue weighted by Crippen LogP contribution is -2.35. The van der Waals surface area contributed by atoms with Gasteiger partial charge >= 0.3 is 0 Å². The van der Waals surface area contributed by atoms with E-state index >= 15 is 0 Å². The van der Waals surface area contributed by atoms with Crippen molar-refractivity contribution in [3.05, 3.63) is 29.3 Å². The molecular formula is C17H25ClN4O. The molecule has 0 radical (unpaired) electrons. The van der Waals surface area contributed by atoms with E-state index in [0.717, 1.165) is 57.8 Å². The molecule has 0 aromatic carbocycles. The van der Waals surface area contributed by atoms with Gasteiger partial charge in [0, 0.05) is 39.6 Å². The van der Waals surface area contributed by atoms with Crippen molar-refractivity contribution in [3.8, 4) is 0 Å². The summed E-state index contributed by atoms with van der Waals surface area (Å²) < 4.78 is 1.92. The zero-order chi connectivity index (χ0) is 16.2. The molecule has 126 valence electrons. The number of amides is 1. The minimum Gasteiger partial charge on any atom is -0.341 e. The summed E-state index contributed by atoms with van der Waals surface area (Å²) in [6.07, 6.45) is 10.0. The molecule has 23 heavy (non-hydrogen) atoms. The molecule has 0 N–H and O–H groups in total. The Morgan fingerprint density at radius 3 is 2.91 bits per heavy atom. The Morgan fingerprint density at radius 1 is 1.35 bits per heavy atom. The van der Waals surface area contributed by atoms with Crippen LogP contribution in [0.5, 0.6) is 0 Å². The van der Waals surface area contributed by atoms with Crippen LogP contribution in [-0.2, 0) is 18.4 Å². The maximum atomic E-state index is 12.5. The van der Waals surface area contributed by atoms with Crippen molar-refractivity contribution in [2.24, 2.45) is 13.0 Å². The number of imidazole rings is 1. The van der Waals surface area contributed by atoms with Gasteiger partial charge in [-0.3, -0.25) is 9.69 Å². The Kier molecular flexibility index (Phi) is 5.38. The number of rotatable bonds is 4. The van der Waals surface area contributed by atoms with Crippen LogP contribution in [0.15, 0.2) is 18.3 Å². The molecule has 2 heterocycles. The van der Waals surface area contributed by atoms with Crippen molar-refractivity contribution in [1.29, 1.82) is 0 Å². The van der Waals surface area contributed by atoms with Gasteiger partial charge in [-0.15, -0.1) is 0 Å². The van der Waals surface area contributed by atoms with Crippen LogP contribution in [0.3, 0.4) is 0 Å². The number of allylic oxidation sites excluding steroid dienone is 2. The number of carbonyl (C=O) groups is 1. The van der Waals surface area contributed by atoms with Gasteiger partial charge in [0.2, 0.25) is 5.91 Å². The van der Waals surface area contributed by atoms with E-state index < -0.39 is 0 Å². The Balaban J connectivity index is 1.51. The first-order valence-electron chi connectivity index (χ1n) is 8.46. The molecule has 3 rings (SSSR count). The van der Waals surface area contributed by atoms with Gasteiger partial charge in [-0.2, -0.15) is 0 Å². The Bertz CT molecular complexity index is 583. The molecule has 1 aliphatic heterocycles. The second-order valence-electron chi connectivity index (χ2n) is 6.54. The summed E-state index contributed by atoms with van der Waals surface area (Å²) in [5.74, 6) is 1.74. The molecule has 1 amide bonds. The summed E-state index contributed by atoms with van der Waals surface area (Å²) in [5.41, 5.74) is 0. The summed E-state index contributed by atoms with van der Waals surface area (Å²) in [4.78, 5) is 21.2. The number of carbonyl (C=O) groups excluding carboxylic acids is 1. The third-order valence-electron chi connectivity index (χ3n) is 4.88. The fourth-order valence-corrected chi connectivity index (χ4v) is 3.51. The fraction of sp³-hybridized carbons (Fsp3) is 0.647. The van der Waals surface area contributed by atoms with Crippen LogP contribution in [0.1, 0.15) is 31.5 Å². The number of hydrogen-bond donors (Lipinski definition) is 0. The largest absolute Gasteiger partial charge is 0.341 e. The molecule has 2 aliphatic rings. The van der Waals surface area contributed by atoms with Crippen LogP contribution < -0.4 is 0 Å². The number of hydrogen-bond acceptors (Lipinski definition) is 3. The molecular weight excluding hydrogens is 312 g/mol. The van der Waals surface area contributed by atoms with E-state index in [2.05, 4.69) is 22.0 Å². The topological polar surface area (TPSA) is 41.4 Å². The molecule has 1 aliphatic carbocycles. The van der Waals surface area contributed by atoms with Crippen molar-refractivity contribution >= 4 is 17.5 Å². The SMILES string of the molecule is Cn1c(Cl)cnc1CN1CCCN(C(=O)C[C@@H]2C=CCC2)CC1. The highest BCUT2D eigenvalue weighted by atomic mass is 35.5. The van der Waals surface area contributed by atoms with Crippen LogP contribution in [-0.4, -0.2) is 51.4 Å². The minimum atomic E-state index is 0.309. The van der Waals surface area contributed by atoms with E-state index in [1.54, 1.807) is 6.20 Å². The molecule has 0 bridgehead atoms. The van der Waals surface area contributed by atoms with Crippen LogP contribution in [0.25, 0.3) is 0 Å². The lowest BCUT2D eigenvalue weighted by Gasteiger charge is -2.23. The van der Waals surface area contributed by atoms with Gasteiger partial charge < -0.3 is 9.47 Å². The quantitative estimate of drug-likeness (QED) is 0.793. The number of halogens is 1. The van der Waals surface area contributed by atoms with E-state index in [1.165, 1.54) is 0 Å². The van der Waals surface area contributed by atoms with Crippen molar-refractivity contribution in [3.63, 3.8) is 0 Å². The first-order valence-corrected chi connectivity index (χ1v) is 8.84. The molecule has 5 nitrogen and oxygen atoms in total. The van der Waals surface area contributed by atoms with Crippen molar-refractivity contribution in [2.45, 2.75) is 32.2 Å². The predicted molar refractivity (Wildman–Crippen MR) is 91.2 cm³/mol. The third kappa shape index (κ3) is 4.15. The van der Waals surface area contributed by atoms with E-state index in [-0.39, 0.29) is 0 Å². The van der Waals surface area contributed by atoms with Crippen LogP contribution in [0.2, 0.25) is 5.15 Å². The van der Waals surface area contributed by atoms with Crippen LogP contribution in [0.4, 0.5) is 0 Å². The molecule has 0 spiro atoms. The maximum Gasteiger partial charge on any atom is 0.223 e. The zero-order valence-electron chi connectivity index (χ0n) is 13.7. The molecule has 1 atom stereocenters. The van der Waals surface area contributed by atoms with Gasteiger partial charge in [0.15, 0.2) is 0 Å². The predicted octanol–water partition coefficient (Wildman–Crippen LogP) is 2.46. The summed E-state index contributed by atoms with van der Waals surface area (Å²) >= 11 is 6.05. The average molecular weight is 337 g/mol. The highest BCUT2D eigenvalue weighted by Gasteiger charge is 2.22. The first-order chi connectivity index (χ1) is 11.1. The molecule has 6 heteroatoms. The summed E-state index contributed by atoms with van der Waals surface area (Å²) in [6, 6.07) is 0. The Labute approximate surface area is 142 Å². The minimum absolute atomic E-state index is 0.309. The third-order valence-corrected chi connectivity index (χ3v) is 5.23. The summed E-state index contributed by atoms with van der Waals surface area (Å²) in [6.45, 7) is 4.37. The van der Waals surface area contributed by atoms with Gasteiger partial charge in [0.25, 0.3) is 0 Å². The molecule has 0 unspecified atom stereocenters. The maximum absolute atomic E-state index is 12.5. The molecule has 1 aromatic rings. The van der Waals surface area contributed by atoms with Gasteiger partial charge in [0.1, 0.15) is 11.0 Å². The van der Waals surface area contributed by atoms with Crippen molar-refractivity contribution in [2.75, 3.05) is 26.2 Å². The lowest BCUT2D eigenvalue weighted by molar-refractivity contribution is -0.131. The molecule has 1 saturated heterocycles. The highest BCUT2D eigenvalue weighted by Crippen LogP contribution is 2.21. The van der Waals surface area contributed by atoms with Crippen LogP contribution >= 0.6 is 11.6 Å². The average Bonchev–Trinajstić information content (AvgIpc) is 3.07. The summed E-state index contributed by atoms with van der Waals surface area (Å²) in [5, 5.41) is 0.663. The Hall–Kier alpha value is -1.33. The van der Waals surface area contributed by atoms with E-state index in [9.17, 15) is 4.79 Å². The van der Waals surface area contributed by atoms with E-state index in [1.807, 2.05) is 16.5 Å². The smallest absolute Gasteiger partial charge is 0.223 e. The molecule has 1 fully saturated rings. The number of aromatic nitrogens is 2. The first kappa shape index (κ1) is 16.5. The van der Waals surface area contributed by atoms with Gasteiger partial charge in [-0.25, -0.2) is 4.98 Å². The lowest BCUT2D eigenvalue weighted by atomic mass is 10.0. The second kappa shape index (κ2) is 7.49. The normalized spacial score (nSPS) is 22.5. The van der Waals surface area contributed by atoms with E-state index in [4.69, 9.17) is 11.6 Å². The summed E-state index contributed by atoms with van der Waals surface area (Å²) in [7, 11) is 1.94.